The van der Waals surface area contributed by atoms with Gasteiger partial charge in [0.15, 0.2) is 5.79 Å². The number of amides is 1. The fourth-order valence-electron chi connectivity index (χ4n) is 3.41. The van der Waals surface area contributed by atoms with E-state index in [9.17, 15) is 4.79 Å². The average molecular weight is 354 g/mol. The van der Waals surface area contributed by atoms with Crippen molar-refractivity contribution >= 4 is 11.6 Å². The van der Waals surface area contributed by atoms with E-state index in [1.807, 2.05) is 24.3 Å². The molecule has 26 heavy (non-hydrogen) atoms. The zero-order valence-corrected chi connectivity index (χ0v) is 14.6. The standard InChI is InChI=1S/C19H22N4O3/c24-18(22-14-15-2-1-6-20-13-15)17-12-16(3-7-21-17)23-8-4-19(5-9-23)25-10-11-26-19/h1-3,6-7,12-13H,4-5,8-11,14H2,(H,22,24). The molecule has 1 N–H and O–H groups in total. The number of ether oxygens (including phenoxy) is 2. The van der Waals surface area contributed by atoms with Crippen LogP contribution >= 0.6 is 0 Å². The molecule has 2 aliphatic heterocycles. The molecule has 0 aromatic carbocycles. The fraction of sp³-hybridized carbons (Fsp3) is 0.421. The number of hydrogen-bond donors (Lipinski definition) is 1. The molecular weight excluding hydrogens is 332 g/mol. The first-order chi connectivity index (χ1) is 12.7. The third-order valence-electron chi connectivity index (χ3n) is 4.86. The maximum absolute atomic E-state index is 12.4. The van der Waals surface area contributed by atoms with Crippen molar-refractivity contribution in [3.05, 3.63) is 54.1 Å². The molecule has 0 aliphatic carbocycles. The van der Waals surface area contributed by atoms with E-state index in [-0.39, 0.29) is 5.91 Å². The van der Waals surface area contributed by atoms with Gasteiger partial charge in [-0.15, -0.1) is 0 Å². The molecule has 4 heterocycles. The second kappa shape index (κ2) is 7.39. The lowest BCUT2D eigenvalue weighted by molar-refractivity contribution is -0.169. The smallest absolute Gasteiger partial charge is 0.270 e. The Morgan fingerprint density at radius 2 is 2.00 bits per heavy atom. The molecule has 0 radical (unpaired) electrons. The Balaban J connectivity index is 1.38. The van der Waals surface area contributed by atoms with Crippen LogP contribution in [0, 0.1) is 0 Å². The van der Waals surface area contributed by atoms with Crippen molar-refractivity contribution in [2.75, 3.05) is 31.2 Å². The van der Waals surface area contributed by atoms with Crippen LogP contribution in [-0.2, 0) is 16.0 Å². The van der Waals surface area contributed by atoms with Gasteiger partial charge in [-0.1, -0.05) is 6.07 Å². The van der Waals surface area contributed by atoms with E-state index in [0.29, 0.717) is 25.5 Å². The van der Waals surface area contributed by atoms with Crippen molar-refractivity contribution in [1.29, 1.82) is 0 Å². The van der Waals surface area contributed by atoms with Gasteiger partial charge in [-0.05, 0) is 23.8 Å². The van der Waals surface area contributed by atoms with E-state index in [1.54, 1.807) is 18.6 Å². The second-order valence-electron chi connectivity index (χ2n) is 6.54. The number of piperidine rings is 1. The van der Waals surface area contributed by atoms with Gasteiger partial charge in [0, 0.05) is 56.8 Å². The van der Waals surface area contributed by atoms with Crippen molar-refractivity contribution in [3.8, 4) is 0 Å². The Bertz CT molecular complexity index is 752. The van der Waals surface area contributed by atoms with Crippen molar-refractivity contribution in [1.82, 2.24) is 15.3 Å². The molecular formula is C19H22N4O3. The molecule has 2 aromatic heterocycles. The van der Waals surface area contributed by atoms with Gasteiger partial charge < -0.3 is 19.7 Å². The third-order valence-corrected chi connectivity index (χ3v) is 4.86. The van der Waals surface area contributed by atoms with Crippen LogP contribution in [0.1, 0.15) is 28.9 Å². The highest BCUT2D eigenvalue weighted by atomic mass is 16.7. The van der Waals surface area contributed by atoms with Gasteiger partial charge in [0.2, 0.25) is 0 Å². The summed E-state index contributed by atoms with van der Waals surface area (Å²) in [7, 11) is 0. The lowest BCUT2D eigenvalue weighted by Crippen LogP contribution is -2.45. The number of anilines is 1. The Morgan fingerprint density at radius 3 is 2.73 bits per heavy atom. The summed E-state index contributed by atoms with van der Waals surface area (Å²) in [6.07, 6.45) is 6.79. The lowest BCUT2D eigenvalue weighted by Gasteiger charge is -2.38. The number of rotatable bonds is 4. The van der Waals surface area contributed by atoms with Gasteiger partial charge in [-0.3, -0.25) is 14.8 Å². The summed E-state index contributed by atoms with van der Waals surface area (Å²) in [6.45, 7) is 3.45. The average Bonchev–Trinajstić information content (AvgIpc) is 3.15. The topological polar surface area (TPSA) is 76.6 Å². The first-order valence-corrected chi connectivity index (χ1v) is 8.90. The maximum atomic E-state index is 12.4. The van der Waals surface area contributed by atoms with E-state index in [1.165, 1.54) is 0 Å². The van der Waals surface area contributed by atoms with Crippen LogP contribution < -0.4 is 10.2 Å². The molecule has 2 aliphatic rings. The van der Waals surface area contributed by atoms with Gasteiger partial charge in [0.1, 0.15) is 5.69 Å². The normalized spacial score (nSPS) is 18.8. The molecule has 0 saturated carbocycles. The molecule has 2 fully saturated rings. The highest BCUT2D eigenvalue weighted by Crippen LogP contribution is 2.33. The Hall–Kier alpha value is -2.51. The van der Waals surface area contributed by atoms with Crippen molar-refractivity contribution in [2.45, 2.75) is 25.2 Å². The van der Waals surface area contributed by atoms with Gasteiger partial charge in [-0.2, -0.15) is 0 Å². The first-order valence-electron chi connectivity index (χ1n) is 8.90. The molecule has 4 rings (SSSR count). The Morgan fingerprint density at radius 1 is 1.19 bits per heavy atom. The zero-order chi connectivity index (χ0) is 17.8. The number of hydrogen-bond acceptors (Lipinski definition) is 6. The monoisotopic (exact) mass is 354 g/mol. The van der Waals surface area contributed by atoms with Crippen molar-refractivity contribution in [3.63, 3.8) is 0 Å². The quantitative estimate of drug-likeness (QED) is 0.901. The number of carbonyl (C=O) groups is 1. The van der Waals surface area contributed by atoms with Crippen molar-refractivity contribution in [2.24, 2.45) is 0 Å². The van der Waals surface area contributed by atoms with Crippen molar-refractivity contribution < 1.29 is 14.3 Å². The summed E-state index contributed by atoms with van der Waals surface area (Å²) in [6, 6.07) is 7.55. The van der Waals surface area contributed by atoms with Gasteiger partial charge >= 0.3 is 0 Å². The number of nitrogens with zero attached hydrogens (tertiary/aromatic N) is 3. The maximum Gasteiger partial charge on any atom is 0.270 e. The molecule has 2 aromatic rings. The van der Waals surface area contributed by atoms with Gasteiger partial charge in [-0.25, -0.2) is 0 Å². The minimum atomic E-state index is -0.395. The van der Waals surface area contributed by atoms with Crippen LogP contribution in [0.5, 0.6) is 0 Å². The largest absolute Gasteiger partial charge is 0.371 e. The minimum Gasteiger partial charge on any atom is -0.371 e. The second-order valence-corrected chi connectivity index (χ2v) is 6.54. The number of nitrogens with one attached hydrogen (secondary N) is 1. The third kappa shape index (κ3) is 3.68. The summed E-state index contributed by atoms with van der Waals surface area (Å²) in [5.41, 5.74) is 2.37. The highest BCUT2D eigenvalue weighted by molar-refractivity contribution is 5.93. The summed E-state index contributed by atoms with van der Waals surface area (Å²) in [4.78, 5) is 22.9. The van der Waals surface area contributed by atoms with E-state index in [2.05, 4.69) is 20.2 Å². The predicted molar refractivity (Wildman–Crippen MR) is 95.7 cm³/mol. The predicted octanol–water partition coefficient (Wildman–Crippen LogP) is 1.75. The molecule has 0 bridgehead atoms. The first kappa shape index (κ1) is 16.9. The van der Waals surface area contributed by atoms with Crippen LogP contribution in [0.3, 0.4) is 0 Å². The summed E-state index contributed by atoms with van der Waals surface area (Å²) in [5, 5.41) is 2.89. The van der Waals surface area contributed by atoms with Gasteiger partial charge in [0.25, 0.3) is 5.91 Å². The highest BCUT2D eigenvalue weighted by Gasteiger charge is 2.39. The fourth-order valence-corrected chi connectivity index (χ4v) is 3.41. The molecule has 1 amide bonds. The molecule has 0 atom stereocenters. The Labute approximate surface area is 152 Å². The molecule has 7 heteroatoms. The lowest BCUT2D eigenvalue weighted by atomic mass is 10.0. The molecule has 0 unspecified atom stereocenters. The summed E-state index contributed by atoms with van der Waals surface area (Å²) >= 11 is 0. The number of carbonyl (C=O) groups excluding carboxylic acids is 1. The number of aromatic nitrogens is 2. The Kier molecular flexibility index (Phi) is 4.81. The van der Waals surface area contributed by atoms with Crippen LogP contribution in [0.25, 0.3) is 0 Å². The van der Waals surface area contributed by atoms with E-state index >= 15 is 0 Å². The van der Waals surface area contributed by atoms with Crippen LogP contribution in [0.4, 0.5) is 5.69 Å². The van der Waals surface area contributed by atoms with E-state index in [4.69, 9.17) is 9.47 Å². The molecule has 7 nitrogen and oxygen atoms in total. The summed E-state index contributed by atoms with van der Waals surface area (Å²) in [5.74, 6) is -0.584. The molecule has 2 saturated heterocycles. The van der Waals surface area contributed by atoms with E-state index < -0.39 is 5.79 Å². The molecule has 136 valence electrons. The minimum absolute atomic E-state index is 0.188. The van der Waals surface area contributed by atoms with E-state index in [0.717, 1.165) is 37.2 Å². The van der Waals surface area contributed by atoms with Crippen LogP contribution in [0.15, 0.2) is 42.9 Å². The molecule has 1 spiro atoms. The SMILES string of the molecule is O=C(NCc1cccnc1)c1cc(N2CCC3(CC2)OCCO3)ccn1. The zero-order valence-electron chi connectivity index (χ0n) is 14.6. The van der Waals surface area contributed by atoms with Crippen LogP contribution in [-0.4, -0.2) is 48.0 Å². The number of pyridine rings is 2. The summed E-state index contributed by atoms with van der Waals surface area (Å²) < 4.78 is 11.5. The van der Waals surface area contributed by atoms with Gasteiger partial charge in [0.05, 0.1) is 13.2 Å². The van der Waals surface area contributed by atoms with Crippen LogP contribution in [0.2, 0.25) is 0 Å².